The summed E-state index contributed by atoms with van der Waals surface area (Å²) < 4.78 is 1.54. The second-order valence-corrected chi connectivity index (χ2v) is 4.82. The van der Waals surface area contributed by atoms with E-state index in [1.165, 1.54) is 6.21 Å². The first kappa shape index (κ1) is 14.6. The lowest BCUT2D eigenvalue weighted by Gasteiger charge is -2.00. The number of amides is 1. The van der Waals surface area contributed by atoms with E-state index in [0.29, 0.717) is 0 Å². The maximum absolute atomic E-state index is 11.8. The minimum Gasteiger partial charge on any atom is -0.271 e. The highest BCUT2D eigenvalue weighted by atomic mass is 16.2. The molecule has 0 bridgehead atoms. The van der Waals surface area contributed by atoms with Gasteiger partial charge in [-0.15, -0.1) is 5.10 Å². The molecular formula is C17H15N5O. The molecule has 0 atom stereocenters. The van der Waals surface area contributed by atoms with Gasteiger partial charge in [-0.05, 0) is 23.8 Å². The number of allylic oxidation sites excluding steroid dienone is 1. The Bertz CT molecular complexity index is 852. The molecule has 0 radical (unpaired) electrons. The van der Waals surface area contributed by atoms with E-state index < -0.39 is 0 Å². The first-order valence-corrected chi connectivity index (χ1v) is 7.15. The fourth-order valence-electron chi connectivity index (χ4n) is 2.08. The standard InChI is InChI=1S/C17H15N5O/c23-17(13-22-16-11-5-4-10-15(16)19-21-22)20-18-12-6-9-14-7-2-1-3-8-14/h1-12H,13H2,(H,20,23)/b9-6+,18-12?. The van der Waals surface area contributed by atoms with Gasteiger partial charge < -0.3 is 0 Å². The van der Waals surface area contributed by atoms with Gasteiger partial charge in [-0.25, -0.2) is 10.1 Å². The van der Waals surface area contributed by atoms with E-state index >= 15 is 0 Å². The smallest absolute Gasteiger partial charge is 0.261 e. The lowest BCUT2D eigenvalue weighted by Crippen LogP contribution is -2.23. The molecule has 3 aromatic rings. The van der Waals surface area contributed by atoms with Gasteiger partial charge in [-0.1, -0.05) is 53.8 Å². The van der Waals surface area contributed by atoms with Crippen molar-refractivity contribution in [2.75, 3.05) is 0 Å². The van der Waals surface area contributed by atoms with Gasteiger partial charge in [0.1, 0.15) is 12.1 Å². The predicted molar refractivity (Wildman–Crippen MR) is 89.6 cm³/mol. The molecule has 0 aliphatic heterocycles. The van der Waals surface area contributed by atoms with E-state index in [9.17, 15) is 4.79 Å². The van der Waals surface area contributed by atoms with Crippen LogP contribution in [-0.2, 0) is 11.3 Å². The third-order valence-corrected chi connectivity index (χ3v) is 3.15. The third-order valence-electron chi connectivity index (χ3n) is 3.15. The molecule has 1 N–H and O–H groups in total. The van der Waals surface area contributed by atoms with Crippen molar-refractivity contribution >= 4 is 29.2 Å². The van der Waals surface area contributed by atoms with Crippen molar-refractivity contribution < 1.29 is 4.79 Å². The maximum atomic E-state index is 11.8. The molecule has 0 saturated heterocycles. The Morgan fingerprint density at radius 1 is 1.13 bits per heavy atom. The molecule has 0 fully saturated rings. The SMILES string of the molecule is O=C(Cn1nnc2ccccc21)NN=C/C=C/c1ccccc1. The lowest BCUT2D eigenvalue weighted by molar-refractivity contribution is -0.121. The van der Waals surface area contributed by atoms with E-state index in [0.717, 1.165) is 16.6 Å². The summed E-state index contributed by atoms with van der Waals surface area (Å²) in [5.74, 6) is -0.259. The van der Waals surface area contributed by atoms with Crippen LogP contribution in [0.4, 0.5) is 0 Å². The van der Waals surface area contributed by atoms with Gasteiger partial charge in [-0.3, -0.25) is 4.79 Å². The average Bonchev–Trinajstić information content (AvgIpc) is 2.99. The Balaban J connectivity index is 1.53. The molecule has 6 nitrogen and oxygen atoms in total. The fourth-order valence-corrected chi connectivity index (χ4v) is 2.08. The molecule has 1 heterocycles. The fraction of sp³-hybridized carbons (Fsp3) is 0.0588. The average molecular weight is 305 g/mol. The molecule has 3 rings (SSSR count). The quantitative estimate of drug-likeness (QED) is 0.580. The minimum absolute atomic E-state index is 0.0697. The van der Waals surface area contributed by atoms with Gasteiger partial charge in [0.2, 0.25) is 0 Å². The number of carbonyl (C=O) groups is 1. The Hall–Kier alpha value is -3.28. The van der Waals surface area contributed by atoms with Crippen LogP contribution in [0.15, 0.2) is 65.8 Å². The maximum Gasteiger partial charge on any atom is 0.261 e. The van der Waals surface area contributed by atoms with Crippen LogP contribution >= 0.6 is 0 Å². The van der Waals surface area contributed by atoms with Gasteiger partial charge in [0.15, 0.2) is 0 Å². The highest BCUT2D eigenvalue weighted by Gasteiger charge is 2.07. The molecule has 114 valence electrons. The molecule has 2 aromatic carbocycles. The summed E-state index contributed by atoms with van der Waals surface area (Å²) in [5, 5.41) is 11.8. The number of fused-ring (bicyclic) bond motifs is 1. The number of hydrazone groups is 1. The zero-order chi connectivity index (χ0) is 15.9. The molecule has 0 spiro atoms. The molecular weight excluding hydrogens is 290 g/mol. The number of benzene rings is 2. The second kappa shape index (κ2) is 7.13. The van der Waals surface area contributed by atoms with Crippen LogP contribution in [0.1, 0.15) is 5.56 Å². The van der Waals surface area contributed by atoms with Crippen LogP contribution in [0.25, 0.3) is 17.1 Å². The number of aromatic nitrogens is 3. The van der Waals surface area contributed by atoms with Gasteiger partial charge in [-0.2, -0.15) is 5.10 Å². The summed E-state index contributed by atoms with van der Waals surface area (Å²) in [4.78, 5) is 11.8. The highest BCUT2D eigenvalue weighted by molar-refractivity contribution is 5.82. The first-order valence-electron chi connectivity index (χ1n) is 7.15. The number of carbonyl (C=O) groups excluding carboxylic acids is 1. The number of nitrogens with one attached hydrogen (secondary N) is 1. The summed E-state index contributed by atoms with van der Waals surface area (Å²) in [6, 6.07) is 17.3. The molecule has 0 saturated carbocycles. The number of hydrogen-bond donors (Lipinski definition) is 1. The molecule has 0 aliphatic carbocycles. The second-order valence-electron chi connectivity index (χ2n) is 4.82. The summed E-state index contributed by atoms with van der Waals surface area (Å²) in [5.41, 5.74) is 5.11. The Labute approximate surface area is 133 Å². The number of nitrogens with zero attached hydrogens (tertiary/aromatic N) is 4. The van der Waals surface area contributed by atoms with Gasteiger partial charge in [0, 0.05) is 6.21 Å². The monoisotopic (exact) mass is 305 g/mol. The molecule has 0 unspecified atom stereocenters. The number of rotatable bonds is 5. The van der Waals surface area contributed by atoms with Crippen LogP contribution in [0, 0.1) is 0 Å². The van der Waals surface area contributed by atoms with Gasteiger partial charge >= 0.3 is 0 Å². The molecule has 1 aromatic heterocycles. The largest absolute Gasteiger partial charge is 0.271 e. The van der Waals surface area contributed by atoms with Crippen LogP contribution in [0.2, 0.25) is 0 Å². The van der Waals surface area contributed by atoms with Crippen LogP contribution in [0.3, 0.4) is 0 Å². The van der Waals surface area contributed by atoms with E-state index in [2.05, 4.69) is 20.8 Å². The topological polar surface area (TPSA) is 72.2 Å². The third kappa shape index (κ3) is 3.88. The van der Waals surface area contributed by atoms with Crippen molar-refractivity contribution in [3.8, 4) is 0 Å². The molecule has 0 aliphatic rings. The van der Waals surface area contributed by atoms with Crippen molar-refractivity contribution in [1.29, 1.82) is 0 Å². The molecule has 6 heteroatoms. The van der Waals surface area contributed by atoms with Gasteiger partial charge in [0.05, 0.1) is 5.52 Å². The Kier molecular flexibility index (Phi) is 4.54. The van der Waals surface area contributed by atoms with Gasteiger partial charge in [0.25, 0.3) is 5.91 Å². The minimum atomic E-state index is -0.259. The highest BCUT2D eigenvalue weighted by Crippen LogP contribution is 2.09. The Morgan fingerprint density at radius 3 is 2.78 bits per heavy atom. The van der Waals surface area contributed by atoms with E-state index in [1.807, 2.05) is 60.7 Å². The summed E-state index contributed by atoms with van der Waals surface area (Å²) >= 11 is 0. The van der Waals surface area contributed by atoms with E-state index in [4.69, 9.17) is 0 Å². The van der Waals surface area contributed by atoms with Crippen LogP contribution < -0.4 is 5.43 Å². The van der Waals surface area contributed by atoms with Crippen molar-refractivity contribution in [2.45, 2.75) is 6.54 Å². The molecule has 1 amide bonds. The zero-order valence-corrected chi connectivity index (χ0v) is 12.3. The number of para-hydroxylation sites is 1. The Morgan fingerprint density at radius 2 is 1.91 bits per heavy atom. The van der Waals surface area contributed by atoms with Crippen molar-refractivity contribution in [1.82, 2.24) is 20.4 Å². The van der Waals surface area contributed by atoms with Crippen LogP contribution in [0.5, 0.6) is 0 Å². The zero-order valence-electron chi connectivity index (χ0n) is 12.3. The summed E-state index contributed by atoms with van der Waals surface area (Å²) in [7, 11) is 0. The summed E-state index contributed by atoms with van der Waals surface area (Å²) in [6.07, 6.45) is 5.20. The lowest BCUT2D eigenvalue weighted by atomic mass is 10.2. The summed E-state index contributed by atoms with van der Waals surface area (Å²) in [6.45, 7) is 0.0697. The van der Waals surface area contributed by atoms with Crippen molar-refractivity contribution in [2.24, 2.45) is 5.10 Å². The van der Waals surface area contributed by atoms with Crippen LogP contribution in [-0.4, -0.2) is 27.1 Å². The van der Waals surface area contributed by atoms with E-state index in [-0.39, 0.29) is 12.5 Å². The van der Waals surface area contributed by atoms with Crippen molar-refractivity contribution in [3.05, 3.63) is 66.2 Å². The normalized spacial score (nSPS) is 11.5. The van der Waals surface area contributed by atoms with E-state index in [1.54, 1.807) is 10.8 Å². The first-order chi connectivity index (χ1) is 11.3. The number of hydrogen-bond acceptors (Lipinski definition) is 4. The predicted octanol–water partition coefficient (Wildman–Crippen LogP) is 2.25. The van der Waals surface area contributed by atoms with Crippen molar-refractivity contribution in [3.63, 3.8) is 0 Å². The molecule has 23 heavy (non-hydrogen) atoms.